The van der Waals surface area contributed by atoms with Gasteiger partial charge in [0.2, 0.25) is 11.8 Å². The van der Waals surface area contributed by atoms with E-state index in [2.05, 4.69) is 10.1 Å². The third-order valence-electron chi connectivity index (χ3n) is 1.46. The zero-order chi connectivity index (χ0) is 11.3. The molecule has 0 saturated carbocycles. The molecule has 0 radical (unpaired) electrons. The van der Waals surface area contributed by atoms with Gasteiger partial charge in [0.05, 0.1) is 7.11 Å². The van der Waals surface area contributed by atoms with Gasteiger partial charge in [-0.15, -0.1) is 0 Å². The normalized spacial score (nSPS) is 10.9. The summed E-state index contributed by atoms with van der Waals surface area (Å²) in [6.45, 7) is 0. The quantitative estimate of drug-likeness (QED) is 0.619. The summed E-state index contributed by atoms with van der Waals surface area (Å²) in [4.78, 5) is 15.9. The second-order valence-corrected chi connectivity index (χ2v) is 4.32. The number of para-hydroxylation sites is 1. The molecule has 0 heterocycles. The molecule has 5 nitrogen and oxygen atoms in total. The largest absolute Gasteiger partial charge is 0.519 e. The second kappa shape index (κ2) is 5.72. The highest BCUT2D eigenvalue weighted by atomic mass is 32.4. The molecule has 15 heavy (non-hydrogen) atoms. The Labute approximate surface area is 92.5 Å². The average Bonchev–Trinajstić information content (AvgIpc) is 2.18. The van der Waals surface area contributed by atoms with E-state index < -0.39 is 13.0 Å². The van der Waals surface area contributed by atoms with Crippen molar-refractivity contribution in [2.75, 3.05) is 7.11 Å². The third kappa shape index (κ3) is 3.53. The van der Waals surface area contributed by atoms with E-state index in [4.69, 9.17) is 16.3 Å². The summed E-state index contributed by atoms with van der Waals surface area (Å²) >= 11 is 4.76. The number of hydrogen-bond donors (Lipinski definition) is 2. The first kappa shape index (κ1) is 12.0. The van der Waals surface area contributed by atoms with E-state index in [1.165, 1.54) is 19.2 Å². The summed E-state index contributed by atoms with van der Waals surface area (Å²) < 4.78 is 4.80. The number of phenolic OH excluding ortho intramolecular Hbond substituents is 1. The monoisotopic (exact) mass is 246 g/mol. The van der Waals surface area contributed by atoms with Gasteiger partial charge in [-0.1, -0.05) is 12.1 Å². The Kier molecular flexibility index (Phi) is 4.58. The van der Waals surface area contributed by atoms with Gasteiger partial charge < -0.3 is 5.11 Å². The molecule has 0 amide bonds. The number of hydrogen-bond acceptors (Lipinski definition) is 5. The summed E-state index contributed by atoms with van der Waals surface area (Å²) in [6, 6.07) is 6.07. The summed E-state index contributed by atoms with van der Waals surface area (Å²) in [6.07, 6.45) is 0. The average molecular weight is 246 g/mol. The first-order valence-corrected chi connectivity index (χ1v) is 6.18. The topological polar surface area (TPSA) is 67.8 Å². The minimum absolute atomic E-state index is 0.0766. The number of rotatable bonds is 4. The predicted molar refractivity (Wildman–Crippen MR) is 58.0 cm³/mol. The Hall–Kier alpha value is -1.07. The zero-order valence-electron chi connectivity index (χ0n) is 7.84. The third-order valence-corrected chi connectivity index (χ3v) is 2.57. The Balaban J connectivity index is 2.70. The molecule has 0 aliphatic rings. The lowest BCUT2D eigenvalue weighted by atomic mass is 10.2. The van der Waals surface area contributed by atoms with Crippen molar-refractivity contribution in [3.63, 3.8) is 0 Å². The van der Waals surface area contributed by atoms with Gasteiger partial charge >= 0.3 is 13.0 Å². The van der Waals surface area contributed by atoms with Crippen LogP contribution in [0, 0.1) is 0 Å². The first-order valence-electron chi connectivity index (χ1n) is 3.91. The molecular weight excluding hydrogens is 237 g/mol. The van der Waals surface area contributed by atoms with Crippen LogP contribution in [0.4, 0.5) is 0 Å². The van der Waals surface area contributed by atoms with Crippen LogP contribution in [0.5, 0.6) is 5.75 Å². The van der Waals surface area contributed by atoms with Crippen molar-refractivity contribution in [2.45, 2.75) is 0 Å². The van der Waals surface area contributed by atoms with Crippen LogP contribution in [0.25, 0.3) is 0 Å². The highest BCUT2D eigenvalue weighted by Gasteiger charge is 2.22. The molecular formula is C8H9NO4PS+. The Morgan fingerprint density at radius 3 is 2.80 bits per heavy atom. The van der Waals surface area contributed by atoms with Gasteiger partial charge in [-0.2, -0.15) is 0 Å². The van der Waals surface area contributed by atoms with Gasteiger partial charge in [0.25, 0.3) is 0 Å². The lowest BCUT2D eigenvalue weighted by molar-refractivity contribution is 0.0731. The van der Waals surface area contributed by atoms with E-state index in [-0.39, 0.29) is 11.3 Å². The Morgan fingerprint density at radius 2 is 2.20 bits per heavy atom. The molecule has 1 unspecified atom stereocenters. The molecule has 0 aliphatic heterocycles. The lowest BCUT2D eigenvalue weighted by Gasteiger charge is -1.98. The van der Waals surface area contributed by atoms with E-state index in [1.54, 1.807) is 12.1 Å². The van der Waals surface area contributed by atoms with Gasteiger partial charge in [-0.25, -0.2) is 9.32 Å². The summed E-state index contributed by atoms with van der Waals surface area (Å²) in [5.74, 6) is -0.822. The van der Waals surface area contributed by atoms with E-state index in [1.807, 2.05) is 0 Å². The maximum Gasteiger partial charge on any atom is 0.519 e. The van der Waals surface area contributed by atoms with E-state index in [0.29, 0.717) is 0 Å². The zero-order valence-corrected chi connectivity index (χ0v) is 9.55. The van der Waals surface area contributed by atoms with Crippen molar-refractivity contribution in [1.82, 2.24) is 5.25 Å². The van der Waals surface area contributed by atoms with Crippen molar-refractivity contribution < 1.29 is 19.3 Å². The number of carbonyl (C=O) groups is 1. The van der Waals surface area contributed by atoms with Crippen LogP contribution in [-0.4, -0.2) is 18.2 Å². The molecule has 1 rings (SSSR count). The van der Waals surface area contributed by atoms with E-state index in [9.17, 15) is 9.90 Å². The van der Waals surface area contributed by atoms with Gasteiger partial charge in [-0.3, -0.25) is 4.84 Å². The van der Waals surface area contributed by atoms with Gasteiger partial charge in [0.15, 0.2) is 0 Å². The summed E-state index contributed by atoms with van der Waals surface area (Å²) in [5, 5.41) is 11.7. The van der Waals surface area contributed by atoms with E-state index >= 15 is 0 Å². The first-order chi connectivity index (χ1) is 7.15. The smallest absolute Gasteiger partial charge is 0.507 e. The van der Waals surface area contributed by atoms with Crippen LogP contribution in [0.3, 0.4) is 0 Å². The minimum atomic E-state index is -1.61. The second-order valence-electron chi connectivity index (χ2n) is 2.45. The predicted octanol–water partition coefficient (Wildman–Crippen LogP) is 1.47. The maximum absolute atomic E-state index is 11.4. The Morgan fingerprint density at radius 1 is 1.53 bits per heavy atom. The number of carbonyl (C=O) groups excluding carboxylic acids is 1. The van der Waals surface area contributed by atoms with Crippen molar-refractivity contribution in [3.05, 3.63) is 29.8 Å². The fourth-order valence-electron chi connectivity index (χ4n) is 0.864. The molecule has 1 aromatic carbocycles. The lowest BCUT2D eigenvalue weighted by Crippen LogP contribution is -2.07. The van der Waals surface area contributed by atoms with Crippen LogP contribution in [0.15, 0.2) is 24.3 Å². The highest BCUT2D eigenvalue weighted by Crippen LogP contribution is 2.23. The van der Waals surface area contributed by atoms with Crippen molar-refractivity contribution in [3.8, 4) is 5.75 Å². The molecule has 0 spiro atoms. The standard InChI is InChI=1S/C8H8NO4PS/c1-12-9-14(15)13-8(11)6-4-2-3-5-7(6)10/h2-5H,1H3,(H-,9,10,11,15)/p+1. The SMILES string of the molecule is CON[P+](=S)OC(=O)c1ccccc1O. The number of aromatic hydroxyl groups is 1. The molecule has 0 fully saturated rings. The summed E-state index contributed by atoms with van der Waals surface area (Å²) in [5.41, 5.74) is 0.0766. The van der Waals surface area contributed by atoms with Crippen LogP contribution < -0.4 is 5.25 Å². The number of nitrogens with one attached hydrogen (secondary N) is 1. The van der Waals surface area contributed by atoms with Crippen LogP contribution in [-0.2, 0) is 21.2 Å². The molecule has 1 aromatic rings. The van der Waals surface area contributed by atoms with Crippen molar-refractivity contribution in [1.29, 1.82) is 0 Å². The van der Waals surface area contributed by atoms with Gasteiger partial charge in [0, 0.05) is 5.25 Å². The van der Waals surface area contributed by atoms with Crippen LogP contribution in [0.2, 0.25) is 0 Å². The Bertz CT molecular complexity index is 385. The molecule has 0 saturated heterocycles. The van der Waals surface area contributed by atoms with Gasteiger partial charge in [0.1, 0.15) is 11.3 Å². The fraction of sp³-hybridized carbons (Fsp3) is 0.125. The molecule has 0 aromatic heterocycles. The van der Waals surface area contributed by atoms with E-state index in [0.717, 1.165) is 0 Å². The molecule has 80 valence electrons. The number of phenols is 1. The molecule has 2 N–H and O–H groups in total. The molecule has 0 bridgehead atoms. The molecule has 7 heteroatoms. The van der Waals surface area contributed by atoms with Crippen LogP contribution in [0.1, 0.15) is 10.4 Å². The van der Waals surface area contributed by atoms with Crippen LogP contribution >= 0.6 is 7.07 Å². The molecule has 0 aliphatic carbocycles. The number of benzene rings is 1. The van der Waals surface area contributed by atoms with Gasteiger partial charge in [-0.05, 0) is 12.1 Å². The fourth-order valence-corrected chi connectivity index (χ4v) is 1.73. The van der Waals surface area contributed by atoms with Crippen molar-refractivity contribution in [2.24, 2.45) is 0 Å². The molecule has 1 atom stereocenters. The minimum Gasteiger partial charge on any atom is -0.507 e. The highest BCUT2D eigenvalue weighted by molar-refractivity contribution is 8.02. The van der Waals surface area contributed by atoms with Crippen molar-refractivity contribution >= 4 is 24.9 Å². The summed E-state index contributed by atoms with van der Waals surface area (Å²) in [7, 11) is -0.235. The maximum atomic E-state index is 11.4.